The van der Waals surface area contributed by atoms with Gasteiger partial charge in [0.2, 0.25) is 5.91 Å². The Balaban J connectivity index is 1.35. The first-order valence-electron chi connectivity index (χ1n) is 10.1. The van der Waals surface area contributed by atoms with Crippen LogP contribution in [-0.2, 0) is 11.2 Å². The highest BCUT2D eigenvalue weighted by atomic mass is 16.5. The molecule has 1 N–H and O–H groups in total. The molecule has 1 aliphatic heterocycles. The van der Waals surface area contributed by atoms with E-state index in [1.807, 2.05) is 53.4 Å². The Morgan fingerprint density at radius 2 is 2.00 bits per heavy atom. The summed E-state index contributed by atoms with van der Waals surface area (Å²) in [6.07, 6.45) is 1.30. The van der Waals surface area contributed by atoms with Gasteiger partial charge in [0.25, 0.3) is 5.89 Å². The average Bonchev–Trinajstić information content (AvgIpc) is 3.53. The summed E-state index contributed by atoms with van der Waals surface area (Å²) >= 11 is 0. The minimum absolute atomic E-state index is 0.0764. The van der Waals surface area contributed by atoms with Crippen molar-refractivity contribution in [2.24, 2.45) is 0 Å². The molecule has 0 aliphatic carbocycles. The number of carbonyl (C=O) groups excluding carboxylic acids is 1. The number of aromatic nitrogens is 4. The fourth-order valence-corrected chi connectivity index (χ4v) is 3.77. The zero-order valence-electron chi connectivity index (χ0n) is 16.6. The second-order valence-corrected chi connectivity index (χ2v) is 7.42. The van der Waals surface area contributed by atoms with Gasteiger partial charge in [-0.2, -0.15) is 10.1 Å². The topological polar surface area (TPSA) is 87.9 Å². The minimum atomic E-state index is -0.100. The van der Waals surface area contributed by atoms with Crippen LogP contribution in [0, 0.1) is 0 Å². The predicted octanol–water partition coefficient (Wildman–Crippen LogP) is 4.21. The first-order valence-corrected chi connectivity index (χ1v) is 10.1. The molecule has 4 aromatic rings. The number of benzene rings is 2. The molecule has 7 nitrogen and oxygen atoms in total. The summed E-state index contributed by atoms with van der Waals surface area (Å²) in [7, 11) is 0. The number of aromatic amines is 1. The second kappa shape index (κ2) is 7.59. The van der Waals surface area contributed by atoms with Crippen molar-refractivity contribution in [1.82, 2.24) is 20.3 Å². The largest absolute Gasteiger partial charge is 0.332 e. The number of hydrogen-bond donors (Lipinski definition) is 1. The van der Waals surface area contributed by atoms with E-state index in [0.717, 1.165) is 23.4 Å². The van der Waals surface area contributed by atoms with Crippen LogP contribution in [-0.4, -0.2) is 32.8 Å². The first-order chi connectivity index (χ1) is 14.7. The lowest BCUT2D eigenvalue weighted by Gasteiger charge is -2.17. The van der Waals surface area contributed by atoms with Gasteiger partial charge >= 0.3 is 0 Å². The van der Waals surface area contributed by atoms with Gasteiger partial charge in [-0.3, -0.25) is 9.89 Å². The summed E-state index contributed by atoms with van der Waals surface area (Å²) in [6.45, 7) is 2.65. The van der Waals surface area contributed by atoms with Crippen LogP contribution < -0.4 is 4.90 Å². The van der Waals surface area contributed by atoms with Gasteiger partial charge < -0.3 is 9.42 Å². The van der Waals surface area contributed by atoms with E-state index in [0.29, 0.717) is 30.4 Å². The third kappa shape index (κ3) is 3.39. The molecule has 1 atom stereocenters. The quantitative estimate of drug-likeness (QED) is 0.543. The lowest BCUT2D eigenvalue weighted by atomic mass is 10.1. The van der Waals surface area contributed by atoms with Crippen molar-refractivity contribution in [3.8, 4) is 22.8 Å². The smallest absolute Gasteiger partial charge is 0.275 e. The number of carbonyl (C=O) groups is 1. The van der Waals surface area contributed by atoms with Crippen molar-refractivity contribution in [2.45, 2.75) is 25.7 Å². The van der Waals surface area contributed by atoms with Crippen LogP contribution in [0.2, 0.25) is 0 Å². The molecule has 2 aromatic heterocycles. The maximum atomic E-state index is 12.6. The van der Waals surface area contributed by atoms with E-state index in [1.165, 1.54) is 5.56 Å². The SMILES string of the molecule is CCc1cccc(N2CC(c3noc(-c4cc(-c5ccccc5)n[nH]4)n3)CC2=O)c1. The summed E-state index contributed by atoms with van der Waals surface area (Å²) in [5, 5.41) is 11.4. The molecule has 0 spiro atoms. The van der Waals surface area contributed by atoms with Crippen molar-refractivity contribution < 1.29 is 9.32 Å². The van der Waals surface area contributed by atoms with Crippen molar-refractivity contribution in [2.75, 3.05) is 11.4 Å². The average molecular weight is 399 g/mol. The van der Waals surface area contributed by atoms with Crippen LogP contribution in [0.3, 0.4) is 0 Å². The summed E-state index contributed by atoms with van der Waals surface area (Å²) in [6, 6.07) is 19.9. The van der Waals surface area contributed by atoms with E-state index >= 15 is 0 Å². The lowest BCUT2D eigenvalue weighted by Crippen LogP contribution is -2.24. The van der Waals surface area contributed by atoms with Crippen molar-refractivity contribution in [3.63, 3.8) is 0 Å². The van der Waals surface area contributed by atoms with Crippen LogP contribution in [0.5, 0.6) is 0 Å². The fourth-order valence-electron chi connectivity index (χ4n) is 3.77. The van der Waals surface area contributed by atoms with E-state index in [4.69, 9.17) is 4.52 Å². The van der Waals surface area contributed by atoms with Gasteiger partial charge in [-0.15, -0.1) is 0 Å². The van der Waals surface area contributed by atoms with E-state index in [9.17, 15) is 4.79 Å². The molecular weight excluding hydrogens is 378 g/mol. The molecule has 1 aliphatic rings. The van der Waals surface area contributed by atoms with Gasteiger partial charge in [-0.25, -0.2) is 0 Å². The van der Waals surface area contributed by atoms with Gasteiger partial charge in [0.05, 0.1) is 5.69 Å². The molecule has 1 saturated heterocycles. The van der Waals surface area contributed by atoms with Crippen molar-refractivity contribution >= 4 is 11.6 Å². The second-order valence-electron chi connectivity index (χ2n) is 7.42. The van der Waals surface area contributed by atoms with Crippen LogP contribution in [0.4, 0.5) is 5.69 Å². The lowest BCUT2D eigenvalue weighted by molar-refractivity contribution is -0.117. The minimum Gasteiger partial charge on any atom is -0.332 e. The van der Waals surface area contributed by atoms with Crippen LogP contribution in [0.15, 0.2) is 65.2 Å². The monoisotopic (exact) mass is 399 g/mol. The number of nitrogens with zero attached hydrogens (tertiary/aromatic N) is 4. The standard InChI is InChI=1S/C23H21N5O2/c1-2-15-7-6-10-18(11-15)28-14-17(12-21(28)29)22-24-23(30-27-22)20-13-19(25-26-20)16-8-4-3-5-9-16/h3-11,13,17H,2,12,14H2,1H3,(H,25,26). The van der Waals surface area contributed by atoms with Crippen LogP contribution in [0.25, 0.3) is 22.8 Å². The van der Waals surface area contributed by atoms with E-state index in [-0.39, 0.29) is 11.8 Å². The van der Waals surface area contributed by atoms with Crippen molar-refractivity contribution in [1.29, 1.82) is 0 Å². The predicted molar refractivity (Wildman–Crippen MR) is 113 cm³/mol. The molecule has 1 amide bonds. The Morgan fingerprint density at radius 1 is 1.13 bits per heavy atom. The number of H-pyrrole nitrogens is 1. The number of amides is 1. The highest BCUT2D eigenvalue weighted by molar-refractivity contribution is 5.96. The molecule has 1 fully saturated rings. The highest BCUT2D eigenvalue weighted by Crippen LogP contribution is 2.32. The third-order valence-electron chi connectivity index (χ3n) is 5.44. The Hall–Kier alpha value is -3.74. The number of anilines is 1. The molecule has 5 rings (SSSR count). The number of aryl methyl sites for hydroxylation is 1. The molecule has 0 bridgehead atoms. The maximum Gasteiger partial charge on any atom is 0.275 e. The Kier molecular flexibility index (Phi) is 4.63. The van der Waals surface area contributed by atoms with E-state index in [2.05, 4.69) is 39.4 Å². The Bertz CT molecular complexity index is 1180. The van der Waals surface area contributed by atoms with E-state index < -0.39 is 0 Å². The molecule has 2 aromatic carbocycles. The normalized spacial score (nSPS) is 16.4. The molecule has 0 saturated carbocycles. The third-order valence-corrected chi connectivity index (χ3v) is 5.44. The highest BCUT2D eigenvalue weighted by Gasteiger charge is 2.34. The number of nitrogens with one attached hydrogen (secondary N) is 1. The zero-order chi connectivity index (χ0) is 20.5. The maximum absolute atomic E-state index is 12.6. The van der Waals surface area contributed by atoms with Crippen molar-refractivity contribution in [3.05, 3.63) is 72.1 Å². The summed E-state index contributed by atoms with van der Waals surface area (Å²) in [5.41, 5.74) is 4.60. The van der Waals surface area contributed by atoms with Gasteiger partial charge in [0.15, 0.2) is 5.82 Å². The summed E-state index contributed by atoms with van der Waals surface area (Å²) < 4.78 is 5.46. The Labute approximate surface area is 173 Å². The van der Waals surface area contributed by atoms with E-state index in [1.54, 1.807) is 0 Å². The van der Waals surface area contributed by atoms with Crippen LogP contribution in [0.1, 0.15) is 30.7 Å². The molecule has 0 radical (unpaired) electrons. The molecular formula is C23H21N5O2. The number of rotatable bonds is 5. The summed E-state index contributed by atoms with van der Waals surface area (Å²) in [4.78, 5) is 19.0. The molecule has 1 unspecified atom stereocenters. The Morgan fingerprint density at radius 3 is 2.83 bits per heavy atom. The van der Waals surface area contributed by atoms with Gasteiger partial charge in [-0.05, 0) is 30.2 Å². The molecule has 7 heteroatoms. The molecule has 3 heterocycles. The zero-order valence-corrected chi connectivity index (χ0v) is 16.6. The van der Waals surface area contributed by atoms with Crippen LogP contribution >= 0.6 is 0 Å². The van der Waals surface area contributed by atoms with Gasteiger partial charge in [-0.1, -0.05) is 54.5 Å². The summed E-state index contributed by atoms with van der Waals surface area (Å²) in [5.74, 6) is 0.895. The molecule has 150 valence electrons. The fraction of sp³-hybridized carbons (Fsp3) is 0.217. The first kappa shape index (κ1) is 18.3. The van der Waals surface area contributed by atoms with Gasteiger partial charge in [0.1, 0.15) is 5.69 Å². The number of hydrogen-bond acceptors (Lipinski definition) is 5. The van der Waals surface area contributed by atoms with Gasteiger partial charge in [0, 0.05) is 30.1 Å². The molecule has 30 heavy (non-hydrogen) atoms.